The van der Waals surface area contributed by atoms with Crippen molar-refractivity contribution in [3.63, 3.8) is 0 Å². The normalized spacial score (nSPS) is 10.4. The molecule has 1 N–H and O–H groups in total. The quantitative estimate of drug-likeness (QED) is 0.597. The first-order valence-corrected chi connectivity index (χ1v) is 10.2. The number of carbonyl (C=O) groups excluding carboxylic acids is 2. The van der Waals surface area contributed by atoms with Gasteiger partial charge < -0.3 is 15.0 Å². The van der Waals surface area contributed by atoms with Gasteiger partial charge in [-0.1, -0.05) is 41.9 Å². The first-order valence-electron chi connectivity index (χ1n) is 8.96. The molecule has 1 aromatic heterocycles. The smallest absolute Gasteiger partial charge is 0.266 e. The monoisotopic (exact) mass is 429 g/mol. The zero-order valence-electron chi connectivity index (χ0n) is 16.0. The number of carbonyl (C=O) groups is 2. The number of aromatic nitrogens is 1. The van der Waals surface area contributed by atoms with E-state index in [0.717, 1.165) is 5.56 Å². The lowest BCUT2D eigenvalue weighted by molar-refractivity contribution is -0.116. The van der Waals surface area contributed by atoms with Crippen LogP contribution in [-0.2, 0) is 4.79 Å². The van der Waals surface area contributed by atoms with Crippen LogP contribution in [0.3, 0.4) is 0 Å². The van der Waals surface area contributed by atoms with Gasteiger partial charge in [0.15, 0.2) is 0 Å². The molecule has 0 radical (unpaired) electrons. The molecule has 0 aliphatic rings. The van der Waals surface area contributed by atoms with E-state index in [2.05, 4.69) is 10.3 Å². The predicted molar refractivity (Wildman–Crippen MR) is 116 cm³/mol. The van der Waals surface area contributed by atoms with Crippen molar-refractivity contribution in [1.82, 2.24) is 9.88 Å². The van der Waals surface area contributed by atoms with Gasteiger partial charge in [0.25, 0.3) is 5.91 Å². The highest BCUT2D eigenvalue weighted by Crippen LogP contribution is 2.31. The lowest BCUT2D eigenvalue weighted by Gasteiger charge is -2.19. The van der Waals surface area contributed by atoms with Gasteiger partial charge in [-0.3, -0.25) is 9.59 Å². The third kappa shape index (κ3) is 4.93. The van der Waals surface area contributed by atoms with Gasteiger partial charge in [-0.2, -0.15) is 0 Å². The van der Waals surface area contributed by atoms with E-state index in [1.165, 1.54) is 29.5 Å². The van der Waals surface area contributed by atoms with E-state index in [0.29, 0.717) is 32.9 Å². The van der Waals surface area contributed by atoms with Gasteiger partial charge in [-0.05, 0) is 25.1 Å². The van der Waals surface area contributed by atoms with Crippen LogP contribution in [0.4, 0.5) is 5.69 Å². The molecular formula is C21H20ClN3O3S. The number of rotatable bonds is 7. The van der Waals surface area contributed by atoms with Gasteiger partial charge >= 0.3 is 0 Å². The van der Waals surface area contributed by atoms with Gasteiger partial charge in [0.2, 0.25) is 5.91 Å². The maximum absolute atomic E-state index is 12.9. The van der Waals surface area contributed by atoms with Crippen LogP contribution in [0.2, 0.25) is 5.02 Å². The molecule has 3 aromatic rings. The summed E-state index contributed by atoms with van der Waals surface area (Å²) in [4.78, 5) is 31.6. The maximum atomic E-state index is 12.9. The Hall–Kier alpha value is -2.90. The Morgan fingerprint density at radius 3 is 2.62 bits per heavy atom. The molecule has 0 bridgehead atoms. The fourth-order valence-corrected chi connectivity index (χ4v) is 3.93. The molecule has 0 fully saturated rings. The molecule has 0 aliphatic heterocycles. The lowest BCUT2D eigenvalue weighted by Crippen LogP contribution is -2.37. The van der Waals surface area contributed by atoms with Crippen LogP contribution in [-0.4, -0.2) is 41.9 Å². The highest BCUT2D eigenvalue weighted by atomic mass is 35.5. The van der Waals surface area contributed by atoms with Crippen molar-refractivity contribution in [2.24, 2.45) is 0 Å². The number of nitrogens with one attached hydrogen (secondary N) is 1. The van der Waals surface area contributed by atoms with Crippen molar-refractivity contribution >= 4 is 40.4 Å². The molecule has 0 spiro atoms. The third-order valence-electron chi connectivity index (χ3n) is 4.21. The first-order chi connectivity index (χ1) is 14.0. The van der Waals surface area contributed by atoms with Gasteiger partial charge in [0.05, 0.1) is 24.0 Å². The first kappa shape index (κ1) is 20.8. The van der Waals surface area contributed by atoms with E-state index in [4.69, 9.17) is 16.3 Å². The van der Waals surface area contributed by atoms with Crippen LogP contribution in [0.1, 0.15) is 16.6 Å². The Bertz CT molecular complexity index is 1020. The number of nitrogens with zero attached hydrogens (tertiary/aromatic N) is 2. The number of para-hydroxylation sites is 2. The summed E-state index contributed by atoms with van der Waals surface area (Å²) in [5, 5.41) is 4.02. The molecule has 0 atom stereocenters. The van der Waals surface area contributed by atoms with E-state index < -0.39 is 0 Å². The summed E-state index contributed by atoms with van der Waals surface area (Å²) in [6, 6.07) is 14.5. The van der Waals surface area contributed by atoms with Crippen LogP contribution in [0.25, 0.3) is 10.6 Å². The van der Waals surface area contributed by atoms with Crippen molar-refractivity contribution in [2.75, 3.05) is 25.5 Å². The standard InChI is InChI=1S/C21H20ClN3O3S/c1-3-25(13-19(26)24-16-10-6-7-11-17(16)28-2)21(27)18-12-23-20(29-18)14-8-4-5-9-15(14)22/h4-12H,3,13H2,1-2H3,(H,24,26). The van der Waals surface area contributed by atoms with E-state index >= 15 is 0 Å². The number of halogens is 1. The van der Waals surface area contributed by atoms with E-state index in [9.17, 15) is 9.59 Å². The fraction of sp³-hybridized carbons (Fsp3) is 0.190. The van der Waals surface area contributed by atoms with Crippen LogP contribution < -0.4 is 10.1 Å². The van der Waals surface area contributed by atoms with Gasteiger partial charge in [-0.15, -0.1) is 11.3 Å². The molecule has 6 nitrogen and oxygen atoms in total. The second-order valence-electron chi connectivity index (χ2n) is 6.08. The van der Waals surface area contributed by atoms with Crippen molar-refractivity contribution in [3.8, 4) is 16.3 Å². The number of methoxy groups -OCH3 is 1. The average Bonchev–Trinajstić information content (AvgIpc) is 3.22. The number of thiazole rings is 1. The summed E-state index contributed by atoms with van der Waals surface area (Å²) in [6.45, 7) is 2.13. The van der Waals surface area contributed by atoms with Crippen molar-refractivity contribution in [3.05, 3.63) is 64.6 Å². The lowest BCUT2D eigenvalue weighted by atomic mass is 10.2. The highest BCUT2D eigenvalue weighted by molar-refractivity contribution is 7.17. The van der Waals surface area contributed by atoms with Gasteiger partial charge in [-0.25, -0.2) is 4.98 Å². The summed E-state index contributed by atoms with van der Waals surface area (Å²) in [5.74, 6) is 0.00101. The Morgan fingerprint density at radius 1 is 1.17 bits per heavy atom. The molecular weight excluding hydrogens is 410 g/mol. The Morgan fingerprint density at radius 2 is 1.90 bits per heavy atom. The predicted octanol–water partition coefficient (Wildman–Crippen LogP) is 4.57. The number of hydrogen-bond acceptors (Lipinski definition) is 5. The minimum atomic E-state index is -0.305. The Kier molecular flexibility index (Phi) is 6.85. The molecule has 0 saturated carbocycles. The molecule has 0 aliphatic carbocycles. The maximum Gasteiger partial charge on any atom is 0.266 e. The Balaban J connectivity index is 1.71. The number of ether oxygens (including phenoxy) is 1. The van der Waals surface area contributed by atoms with Crippen molar-refractivity contribution in [1.29, 1.82) is 0 Å². The van der Waals surface area contributed by atoms with Crippen LogP contribution in [0.5, 0.6) is 5.75 Å². The zero-order valence-corrected chi connectivity index (χ0v) is 17.6. The number of benzene rings is 2. The van der Waals surface area contributed by atoms with Crippen LogP contribution in [0.15, 0.2) is 54.7 Å². The molecule has 29 heavy (non-hydrogen) atoms. The molecule has 0 saturated heterocycles. The number of amides is 2. The van der Waals surface area contributed by atoms with E-state index in [-0.39, 0.29) is 18.4 Å². The van der Waals surface area contributed by atoms with E-state index in [1.807, 2.05) is 31.2 Å². The van der Waals surface area contributed by atoms with Gasteiger partial charge in [0, 0.05) is 12.1 Å². The summed E-state index contributed by atoms with van der Waals surface area (Å²) in [5.41, 5.74) is 1.33. The summed E-state index contributed by atoms with van der Waals surface area (Å²) in [7, 11) is 1.53. The third-order valence-corrected chi connectivity index (χ3v) is 5.55. The SMILES string of the molecule is CCN(CC(=O)Nc1ccccc1OC)C(=O)c1cnc(-c2ccccc2Cl)s1. The summed E-state index contributed by atoms with van der Waals surface area (Å²) >= 11 is 7.47. The van der Waals surface area contributed by atoms with Crippen LogP contribution in [0, 0.1) is 0 Å². The summed E-state index contributed by atoms with van der Waals surface area (Å²) in [6.07, 6.45) is 1.52. The number of hydrogen-bond donors (Lipinski definition) is 1. The minimum absolute atomic E-state index is 0.0767. The van der Waals surface area contributed by atoms with Crippen LogP contribution >= 0.6 is 22.9 Å². The molecule has 1 heterocycles. The second kappa shape index (κ2) is 9.54. The topological polar surface area (TPSA) is 71.5 Å². The number of likely N-dealkylation sites (N-methyl/N-ethyl adjacent to an activating group) is 1. The van der Waals surface area contributed by atoms with Gasteiger partial charge in [0.1, 0.15) is 22.2 Å². The molecule has 2 aromatic carbocycles. The van der Waals surface area contributed by atoms with Crippen molar-refractivity contribution < 1.29 is 14.3 Å². The number of anilines is 1. The largest absolute Gasteiger partial charge is 0.495 e. The highest BCUT2D eigenvalue weighted by Gasteiger charge is 2.21. The summed E-state index contributed by atoms with van der Waals surface area (Å²) < 4.78 is 5.24. The molecule has 150 valence electrons. The minimum Gasteiger partial charge on any atom is -0.495 e. The molecule has 0 unspecified atom stereocenters. The fourth-order valence-electron chi connectivity index (χ4n) is 2.73. The molecule has 3 rings (SSSR count). The van der Waals surface area contributed by atoms with Crippen molar-refractivity contribution in [2.45, 2.75) is 6.92 Å². The average molecular weight is 430 g/mol. The zero-order chi connectivity index (χ0) is 20.8. The Labute approximate surface area is 178 Å². The second-order valence-corrected chi connectivity index (χ2v) is 7.52. The molecule has 2 amide bonds. The van der Waals surface area contributed by atoms with E-state index in [1.54, 1.807) is 24.3 Å². The molecule has 8 heteroatoms.